The van der Waals surface area contributed by atoms with Gasteiger partial charge in [0.05, 0.1) is 0 Å². The van der Waals surface area contributed by atoms with E-state index in [2.05, 4.69) is 23.8 Å². The fourth-order valence-electron chi connectivity index (χ4n) is 0.964. The van der Waals surface area contributed by atoms with Gasteiger partial charge in [0.25, 0.3) is 0 Å². The third-order valence-corrected chi connectivity index (χ3v) is 1.92. The van der Waals surface area contributed by atoms with Crippen LogP contribution in [0.5, 0.6) is 0 Å². The summed E-state index contributed by atoms with van der Waals surface area (Å²) in [4.78, 5) is 7.26. The Labute approximate surface area is 78.1 Å². The molecule has 0 aromatic carbocycles. The molecule has 66 valence electrons. The lowest BCUT2D eigenvalue weighted by Gasteiger charge is -2.02. The molecule has 0 saturated carbocycles. The van der Waals surface area contributed by atoms with Crippen molar-refractivity contribution in [2.45, 2.75) is 26.7 Å². The van der Waals surface area contributed by atoms with E-state index in [1.54, 1.807) is 12.3 Å². The molecule has 1 heterocycles. The van der Waals surface area contributed by atoms with E-state index in [9.17, 15) is 0 Å². The van der Waals surface area contributed by atoms with Gasteiger partial charge in [-0.2, -0.15) is 0 Å². The Balaban J connectivity index is 2.58. The molecule has 0 aliphatic carbocycles. The highest BCUT2D eigenvalue weighted by Gasteiger charge is 1.96. The van der Waals surface area contributed by atoms with Crippen molar-refractivity contribution in [2.24, 2.45) is 5.92 Å². The maximum absolute atomic E-state index is 4.98. The molecule has 0 aliphatic rings. The lowest BCUT2D eigenvalue weighted by atomic mass is 10.1. The highest BCUT2D eigenvalue weighted by molar-refractivity contribution is 7.71. The van der Waals surface area contributed by atoms with Crippen LogP contribution in [-0.2, 0) is 6.42 Å². The monoisotopic (exact) mass is 182 g/mol. The van der Waals surface area contributed by atoms with Crippen LogP contribution in [0, 0.1) is 10.6 Å². The number of hydrogen-bond acceptors (Lipinski definition) is 2. The number of H-pyrrole nitrogens is 1. The molecule has 0 amide bonds. The van der Waals surface area contributed by atoms with Gasteiger partial charge in [-0.05, 0) is 18.4 Å². The van der Waals surface area contributed by atoms with Gasteiger partial charge in [0, 0.05) is 12.6 Å². The topological polar surface area (TPSA) is 28.7 Å². The average Bonchev–Trinajstić information content (AvgIpc) is 2.01. The largest absolute Gasteiger partial charge is 0.335 e. The Morgan fingerprint density at radius 3 is 2.92 bits per heavy atom. The van der Waals surface area contributed by atoms with Crippen LogP contribution in [0.15, 0.2) is 12.3 Å². The highest BCUT2D eigenvalue weighted by atomic mass is 32.1. The first kappa shape index (κ1) is 9.39. The second-order valence-corrected chi connectivity index (χ2v) is 3.75. The number of aromatic nitrogens is 2. The minimum absolute atomic E-state index is 0.717. The van der Waals surface area contributed by atoms with Crippen LogP contribution in [0.25, 0.3) is 0 Å². The van der Waals surface area contributed by atoms with E-state index in [0.29, 0.717) is 5.92 Å². The van der Waals surface area contributed by atoms with Gasteiger partial charge in [-0.15, -0.1) is 0 Å². The van der Waals surface area contributed by atoms with Crippen molar-refractivity contribution >= 4 is 12.2 Å². The van der Waals surface area contributed by atoms with Crippen LogP contribution in [0.2, 0.25) is 0 Å². The molecule has 1 aromatic rings. The first-order valence-corrected chi connectivity index (χ1v) is 4.63. The zero-order valence-electron chi connectivity index (χ0n) is 7.50. The standard InChI is InChI=1S/C9H14N2S/c1-7(2)3-4-8-10-6-5-9(12)11-8/h5-7H,3-4H2,1-2H3,(H,10,11,12). The van der Waals surface area contributed by atoms with E-state index in [1.807, 2.05) is 0 Å². The van der Waals surface area contributed by atoms with E-state index >= 15 is 0 Å². The highest BCUT2D eigenvalue weighted by Crippen LogP contribution is 2.04. The summed E-state index contributed by atoms with van der Waals surface area (Å²) in [6, 6.07) is 1.80. The molecule has 1 N–H and O–H groups in total. The lowest BCUT2D eigenvalue weighted by molar-refractivity contribution is 0.574. The number of aryl methyl sites for hydroxylation is 1. The minimum atomic E-state index is 0.717. The van der Waals surface area contributed by atoms with E-state index in [0.717, 1.165) is 23.3 Å². The number of rotatable bonds is 3. The van der Waals surface area contributed by atoms with E-state index < -0.39 is 0 Å². The summed E-state index contributed by atoms with van der Waals surface area (Å²) in [6.07, 6.45) is 3.90. The van der Waals surface area contributed by atoms with Crippen molar-refractivity contribution in [2.75, 3.05) is 0 Å². The molecule has 1 aromatic heterocycles. The van der Waals surface area contributed by atoms with Crippen LogP contribution in [-0.4, -0.2) is 9.97 Å². The first-order chi connectivity index (χ1) is 5.68. The summed E-state index contributed by atoms with van der Waals surface area (Å²) in [5, 5.41) is 0. The Hall–Kier alpha value is -0.700. The first-order valence-electron chi connectivity index (χ1n) is 4.22. The number of nitrogens with one attached hydrogen (secondary N) is 1. The maximum Gasteiger partial charge on any atom is 0.106 e. The molecule has 0 spiro atoms. The number of hydrogen-bond donors (Lipinski definition) is 1. The van der Waals surface area contributed by atoms with Crippen molar-refractivity contribution in [3.63, 3.8) is 0 Å². The summed E-state index contributed by atoms with van der Waals surface area (Å²) in [5.41, 5.74) is 0. The smallest absolute Gasteiger partial charge is 0.106 e. The van der Waals surface area contributed by atoms with Crippen LogP contribution in [0.1, 0.15) is 26.1 Å². The van der Waals surface area contributed by atoms with E-state index in [4.69, 9.17) is 12.2 Å². The third kappa shape index (κ3) is 3.13. The van der Waals surface area contributed by atoms with Crippen LogP contribution in [0.4, 0.5) is 0 Å². The molecule has 0 aliphatic heterocycles. The fraction of sp³-hybridized carbons (Fsp3) is 0.556. The zero-order valence-corrected chi connectivity index (χ0v) is 8.32. The van der Waals surface area contributed by atoms with Crippen LogP contribution < -0.4 is 0 Å². The molecule has 3 heteroatoms. The van der Waals surface area contributed by atoms with Crippen LogP contribution in [0.3, 0.4) is 0 Å². The van der Waals surface area contributed by atoms with Gasteiger partial charge in [0.1, 0.15) is 10.5 Å². The van der Waals surface area contributed by atoms with Crippen molar-refractivity contribution < 1.29 is 0 Å². The SMILES string of the molecule is CC(C)CCc1nccc(=S)[nH]1. The third-order valence-electron chi connectivity index (χ3n) is 1.68. The van der Waals surface area contributed by atoms with Gasteiger partial charge in [-0.25, -0.2) is 4.98 Å². The number of aromatic amines is 1. The molecule has 1 rings (SSSR count). The predicted molar refractivity (Wildman–Crippen MR) is 52.6 cm³/mol. The molecular weight excluding hydrogens is 168 g/mol. The summed E-state index contributed by atoms with van der Waals surface area (Å²) in [6.45, 7) is 4.41. The Kier molecular flexibility index (Phi) is 3.41. The summed E-state index contributed by atoms with van der Waals surface area (Å²) in [7, 11) is 0. The quantitative estimate of drug-likeness (QED) is 0.728. The average molecular weight is 182 g/mol. The molecule has 12 heavy (non-hydrogen) atoms. The van der Waals surface area contributed by atoms with Gasteiger partial charge in [0.15, 0.2) is 0 Å². The Morgan fingerprint density at radius 1 is 1.58 bits per heavy atom. The van der Waals surface area contributed by atoms with Crippen molar-refractivity contribution in [3.05, 3.63) is 22.7 Å². The van der Waals surface area contributed by atoms with Gasteiger partial charge >= 0.3 is 0 Å². The van der Waals surface area contributed by atoms with Crippen molar-refractivity contribution in [3.8, 4) is 0 Å². The van der Waals surface area contributed by atoms with Crippen molar-refractivity contribution in [1.82, 2.24) is 9.97 Å². The van der Waals surface area contributed by atoms with Gasteiger partial charge < -0.3 is 4.98 Å². The number of nitrogens with zero attached hydrogens (tertiary/aromatic N) is 1. The Morgan fingerprint density at radius 2 is 2.33 bits per heavy atom. The molecule has 0 fully saturated rings. The van der Waals surface area contributed by atoms with Crippen molar-refractivity contribution in [1.29, 1.82) is 0 Å². The van der Waals surface area contributed by atoms with Gasteiger partial charge in [-0.3, -0.25) is 0 Å². The molecule has 0 unspecified atom stereocenters. The summed E-state index contributed by atoms with van der Waals surface area (Å²) < 4.78 is 0.767. The maximum atomic E-state index is 4.98. The minimum Gasteiger partial charge on any atom is -0.335 e. The lowest BCUT2D eigenvalue weighted by Crippen LogP contribution is -1.97. The van der Waals surface area contributed by atoms with Crippen LogP contribution >= 0.6 is 12.2 Å². The fourth-order valence-corrected chi connectivity index (χ4v) is 1.14. The predicted octanol–water partition coefficient (Wildman–Crippen LogP) is 2.73. The normalized spacial score (nSPS) is 10.6. The van der Waals surface area contributed by atoms with E-state index in [-0.39, 0.29) is 0 Å². The molecule has 2 nitrogen and oxygen atoms in total. The summed E-state index contributed by atoms with van der Waals surface area (Å²) in [5.74, 6) is 1.71. The zero-order chi connectivity index (χ0) is 8.97. The second kappa shape index (κ2) is 4.36. The Bertz CT molecular complexity index is 291. The second-order valence-electron chi connectivity index (χ2n) is 3.31. The molecule has 0 radical (unpaired) electrons. The molecule has 0 saturated heterocycles. The molecule has 0 bridgehead atoms. The summed E-state index contributed by atoms with van der Waals surface area (Å²) >= 11 is 4.98. The van der Waals surface area contributed by atoms with Gasteiger partial charge in [-0.1, -0.05) is 26.1 Å². The molecule has 0 atom stereocenters. The molecular formula is C9H14N2S. The van der Waals surface area contributed by atoms with E-state index in [1.165, 1.54) is 0 Å². The van der Waals surface area contributed by atoms with Gasteiger partial charge in [0.2, 0.25) is 0 Å².